The molecule has 1 atom stereocenters. The Balaban J connectivity index is 2.44. The Morgan fingerprint density at radius 3 is 3.00 bits per heavy atom. The van der Waals surface area contributed by atoms with Crippen molar-refractivity contribution in [3.8, 4) is 0 Å². The lowest BCUT2D eigenvalue weighted by atomic mass is 9.94. The second kappa shape index (κ2) is 3.90. The summed E-state index contributed by atoms with van der Waals surface area (Å²) in [6.07, 6.45) is 5.35. The number of nitrogens with one attached hydrogen (secondary N) is 2. The van der Waals surface area contributed by atoms with Crippen molar-refractivity contribution in [2.24, 2.45) is 11.7 Å². The van der Waals surface area contributed by atoms with Crippen molar-refractivity contribution in [3.63, 3.8) is 0 Å². The number of nitrogens with two attached hydrogens (primary N) is 1. The Morgan fingerprint density at radius 2 is 2.58 bits per heavy atom. The first-order chi connectivity index (χ1) is 5.72. The predicted molar refractivity (Wildman–Crippen MR) is 46.5 cm³/mol. The van der Waals surface area contributed by atoms with Crippen molar-refractivity contribution in [1.29, 1.82) is 5.41 Å². The van der Waals surface area contributed by atoms with E-state index in [1.54, 1.807) is 0 Å². The largest absolute Gasteiger partial charge is 0.370 e. The molecular formula is C8H13N3O. The van der Waals surface area contributed by atoms with Crippen molar-refractivity contribution in [2.75, 3.05) is 0 Å². The highest BCUT2D eigenvalue weighted by Crippen LogP contribution is 2.19. The van der Waals surface area contributed by atoms with Crippen LogP contribution in [0.25, 0.3) is 0 Å². The monoisotopic (exact) mass is 167 g/mol. The quantitative estimate of drug-likeness (QED) is 0.315. The molecule has 0 unspecified atom stereocenters. The Labute approximate surface area is 71.3 Å². The normalized spacial score (nSPS) is 22.7. The number of aldehydes is 1. The van der Waals surface area contributed by atoms with Crippen LogP contribution in [0.15, 0.2) is 11.8 Å². The molecule has 0 spiro atoms. The van der Waals surface area contributed by atoms with Gasteiger partial charge in [-0.3, -0.25) is 5.41 Å². The highest BCUT2D eigenvalue weighted by molar-refractivity contribution is 5.76. The Morgan fingerprint density at radius 1 is 1.83 bits per heavy atom. The highest BCUT2D eigenvalue weighted by Gasteiger charge is 2.13. The van der Waals surface area contributed by atoms with Gasteiger partial charge in [-0.2, -0.15) is 0 Å². The molecule has 4 N–H and O–H groups in total. The third-order valence-electron chi connectivity index (χ3n) is 1.94. The standard InChI is InChI=1S/C8H13N3O/c9-8(10)11-7-3-1-6(5-12)2-4-7/h3,5-6H,1-2,4H2,(H4,9,10,11)/t6-/m1/s1. The number of carbonyl (C=O) groups is 1. The van der Waals surface area contributed by atoms with Crippen LogP contribution in [0.4, 0.5) is 0 Å². The average Bonchev–Trinajstić information content (AvgIpc) is 2.05. The third kappa shape index (κ3) is 2.38. The molecule has 1 aliphatic carbocycles. The number of hydrogen-bond donors (Lipinski definition) is 3. The lowest BCUT2D eigenvalue weighted by molar-refractivity contribution is -0.111. The molecule has 0 amide bonds. The van der Waals surface area contributed by atoms with Gasteiger partial charge in [0.25, 0.3) is 0 Å². The number of allylic oxidation sites excluding steroid dienone is 2. The maximum Gasteiger partial charge on any atom is 0.189 e. The van der Waals surface area contributed by atoms with Crippen molar-refractivity contribution >= 4 is 12.2 Å². The van der Waals surface area contributed by atoms with Crippen LogP contribution in [-0.4, -0.2) is 12.2 Å². The van der Waals surface area contributed by atoms with E-state index in [0.29, 0.717) is 0 Å². The fourth-order valence-corrected chi connectivity index (χ4v) is 1.26. The molecule has 0 saturated carbocycles. The van der Waals surface area contributed by atoms with Gasteiger partial charge in [-0.15, -0.1) is 0 Å². The Bertz CT molecular complexity index is 222. The smallest absolute Gasteiger partial charge is 0.189 e. The predicted octanol–water partition coefficient (Wildman–Crippen LogP) is 0.352. The first-order valence-electron chi connectivity index (χ1n) is 3.97. The maximum atomic E-state index is 10.4. The van der Waals surface area contributed by atoms with Gasteiger partial charge in [0.05, 0.1) is 0 Å². The SMILES string of the molecule is N=C(N)NC1=CC[C@@H](C=O)CC1. The van der Waals surface area contributed by atoms with E-state index < -0.39 is 0 Å². The molecule has 1 aliphatic rings. The van der Waals surface area contributed by atoms with E-state index in [0.717, 1.165) is 31.2 Å². The zero-order chi connectivity index (χ0) is 8.97. The van der Waals surface area contributed by atoms with Crippen LogP contribution in [-0.2, 0) is 4.79 Å². The molecule has 0 aromatic carbocycles. The lowest BCUT2D eigenvalue weighted by Gasteiger charge is -2.17. The first kappa shape index (κ1) is 8.77. The summed E-state index contributed by atoms with van der Waals surface area (Å²) in [6, 6.07) is 0. The van der Waals surface area contributed by atoms with Gasteiger partial charge < -0.3 is 15.8 Å². The summed E-state index contributed by atoms with van der Waals surface area (Å²) < 4.78 is 0. The zero-order valence-electron chi connectivity index (χ0n) is 6.84. The van der Waals surface area contributed by atoms with Crippen molar-refractivity contribution in [3.05, 3.63) is 11.8 Å². The van der Waals surface area contributed by atoms with Gasteiger partial charge in [-0.05, 0) is 19.3 Å². The summed E-state index contributed by atoms with van der Waals surface area (Å²) in [4.78, 5) is 10.4. The van der Waals surface area contributed by atoms with Crippen molar-refractivity contribution < 1.29 is 4.79 Å². The average molecular weight is 167 g/mol. The third-order valence-corrected chi connectivity index (χ3v) is 1.94. The molecule has 0 aromatic rings. The molecule has 0 bridgehead atoms. The summed E-state index contributed by atoms with van der Waals surface area (Å²) >= 11 is 0. The van der Waals surface area contributed by atoms with Crippen LogP contribution in [0.3, 0.4) is 0 Å². The zero-order valence-corrected chi connectivity index (χ0v) is 6.84. The number of carbonyl (C=O) groups excluding carboxylic acids is 1. The summed E-state index contributed by atoms with van der Waals surface area (Å²) in [5, 5.41) is 9.71. The van der Waals surface area contributed by atoms with E-state index in [1.807, 2.05) is 6.08 Å². The van der Waals surface area contributed by atoms with Gasteiger partial charge in [-0.25, -0.2) is 0 Å². The van der Waals surface area contributed by atoms with Gasteiger partial charge in [0.1, 0.15) is 6.29 Å². The van der Waals surface area contributed by atoms with E-state index in [9.17, 15) is 4.79 Å². The summed E-state index contributed by atoms with van der Waals surface area (Å²) in [5.41, 5.74) is 6.11. The minimum absolute atomic E-state index is 0.0363. The Hall–Kier alpha value is -1.32. The molecular weight excluding hydrogens is 154 g/mol. The van der Waals surface area contributed by atoms with E-state index in [4.69, 9.17) is 11.1 Å². The second-order valence-electron chi connectivity index (χ2n) is 2.94. The molecule has 0 heterocycles. The van der Waals surface area contributed by atoms with E-state index >= 15 is 0 Å². The van der Waals surface area contributed by atoms with E-state index in [2.05, 4.69) is 5.32 Å². The van der Waals surface area contributed by atoms with Gasteiger partial charge in [-0.1, -0.05) is 6.08 Å². The number of guanidine groups is 1. The van der Waals surface area contributed by atoms with Crippen LogP contribution >= 0.6 is 0 Å². The van der Waals surface area contributed by atoms with Crippen LogP contribution in [0.1, 0.15) is 19.3 Å². The van der Waals surface area contributed by atoms with Gasteiger partial charge in [0, 0.05) is 11.6 Å². The minimum Gasteiger partial charge on any atom is -0.370 e. The molecule has 0 aliphatic heterocycles. The molecule has 66 valence electrons. The first-order valence-corrected chi connectivity index (χ1v) is 3.97. The maximum absolute atomic E-state index is 10.4. The van der Waals surface area contributed by atoms with Crippen molar-refractivity contribution in [1.82, 2.24) is 5.32 Å². The Kier molecular flexibility index (Phi) is 2.85. The molecule has 0 saturated heterocycles. The topological polar surface area (TPSA) is 79.0 Å². The van der Waals surface area contributed by atoms with Gasteiger partial charge >= 0.3 is 0 Å². The van der Waals surface area contributed by atoms with E-state index in [1.165, 1.54) is 0 Å². The van der Waals surface area contributed by atoms with E-state index in [-0.39, 0.29) is 11.9 Å². The second-order valence-corrected chi connectivity index (χ2v) is 2.94. The fraction of sp³-hybridized carbons (Fsp3) is 0.500. The van der Waals surface area contributed by atoms with Crippen LogP contribution < -0.4 is 11.1 Å². The van der Waals surface area contributed by atoms with Gasteiger partial charge in [0.15, 0.2) is 5.96 Å². The van der Waals surface area contributed by atoms with Crippen LogP contribution in [0.2, 0.25) is 0 Å². The molecule has 12 heavy (non-hydrogen) atoms. The summed E-state index contributed by atoms with van der Waals surface area (Å²) in [7, 11) is 0. The van der Waals surface area contributed by atoms with Crippen LogP contribution in [0, 0.1) is 11.3 Å². The number of hydrogen-bond acceptors (Lipinski definition) is 2. The van der Waals surface area contributed by atoms with Crippen LogP contribution in [0.5, 0.6) is 0 Å². The summed E-state index contributed by atoms with van der Waals surface area (Å²) in [5.74, 6) is 0.119. The molecule has 0 fully saturated rings. The summed E-state index contributed by atoms with van der Waals surface area (Å²) in [6.45, 7) is 0. The molecule has 0 radical (unpaired) electrons. The fourth-order valence-electron chi connectivity index (χ4n) is 1.26. The molecule has 4 heteroatoms. The van der Waals surface area contributed by atoms with Crippen molar-refractivity contribution in [2.45, 2.75) is 19.3 Å². The molecule has 4 nitrogen and oxygen atoms in total. The van der Waals surface area contributed by atoms with Gasteiger partial charge in [0.2, 0.25) is 0 Å². The molecule has 1 rings (SSSR count). The number of rotatable bonds is 2. The minimum atomic E-state index is -0.0363. The lowest BCUT2D eigenvalue weighted by Crippen LogP contribution is -2.30. The highest BCUT2D eigenvalue weighted by atomic mass is 16.1. The molecule has 0 aromatic heterocycles.